The van der Waals surface area contributed by atoms with E-state index in [0.29, 0.717) is 0 Å². The van der Waals surface area contributed by atoms with Crippen molar-refractivity contribution in [2.75, 3.05) is 5.75 Å². The summed E-state index contributed by atoms with van der Waals surface area (Å²) < 4.78 is 0. The number of nitrogens with one attached hydrogen (secondary N) is 1. The number of thiol groups is 1. The van der Waals surface area contributed by atoms with Crippen LogP contribution in [-0.4, -0.2) is 10.7 Å². The molecule has 14 heavy (non-hydrogen) atoms. The van der Waals surface area contributed by atoms with Crippen LogP contribution >= 0.6 is 12.6 Å². The van der Waals surface area contributed by atoms with Crippen LogP contribution < -0.4 is 0 Å². The zero-order chi connectivity index (χ0) is 9.80. The first-order valence-corrected chi connectivity index (χ1v) is 5.21. The van der Waals surface area contributed by atoms with Crippen LogP contribution in [-0.2, 0) is 0 Å². The van der Waals surface area contributed by atoms with E-state index in [-0.39, 0.29) is 0 Å². The lowest BCUT2D eigenvalue weighted by molar-refractivity contribution is 1.31. The average molecular weight is 201 g/mol. The van der Waals surface area contributed by atoms with Gasteiger partial charge in [-0.05, 0) is 12.1 Å². The summed E-state index contributed by atoms with van der Waals surface area (Å²) in [5, 5.41) is 1.21. The Kier molecular flexibility index (Phi) is 2.81. The number of rotatable bonds is 1. The summed E-state index contributed by atoms with van der Waals surface area (Å²) >= 11 is 4.12. The van der Waals surface area contributed by atoms with Gasteiger partial charge in [-0.3, -0.25) is 0 Å². The smallest absolute Gasteiger partial charge is 0.0612 e. The molecule has 0 aliphatic carbocycles. The number of aromatic nitrogens is 1. The van der Waals surface area contributed by atoms with Crippen LogP contribution in [0.3, 0.4) is 0 Å². The molecule has 0 aliphatic rings. The molecule has 1 nitrogen and oxygen atoms in total. The lowest BCUT2D eigenvalue weighted by atomic mass is 10.1. The molecule has 0 atom stereocenters. The van der Waals surface area contributed by atoms with Crippen LogP contribution in [0.25, 0.3) is 10.9 Å². The van der Waals surface area contributed by atoms with Crippen LogP contribution in [0.15, 0.2) is 30.5 Å². The second-order valence-electron chi connectivity index (χ2n) is 3.02. The predicted molar refractivity (Wildman–Crippen MR) is 63.6 cm³/mol. The van der Waals surface area contributed by atoms with E-state index in [1.54, 1.807) is 0 Å². The van der Waals surface area contributed by atoms with E-state index in [1.807, 2.05) is 18.3 Å². The molecule has 0 fully saturated rings. The summed E-state index contributed by atoms with van der Waals surface area (Å²) in [6.45, 7) is 0. The van der Waals surface area contributed by atoms with Crippen molar-refractivity contribution in [1.82, 2.24) is 4.98 Å². The van der Waals surface area contributed by atoms with Crippen molar-refractivity contribution in [2.45, 2.75) is 6.42 Å². The fourth-order valence-electron chi connectivity index (χ4n) is 1.40. The topological polar surface area (TPSA) is 15.8 Å². The van der Waals surface area contributed by atoms with Crippen LogP contribution in [0.5, 0.6) is 0 Å². The fourth-order valence-corrected chi connectivity index (χ4v) is 1.51. The predicted octanol–water partition coefficient (Wildman–Crippen LogP) is 2.84. The molecule has 2 heteroatoms. The Morgan fingerprint density at radius 2 is 2.21 bits per heavy atom. The van der Waals surface area contributed by atoms with E-state index in [9.17, 15) is 0 Å². The minimum Gasteiger partial charge on any atom is -0.360 e. The average Bonchev–Trinajstić information content (AvgIpc) is 2.67. The van der Waals surface area contributed by atoms with Crippen LogP contribution in [0.2, 0.25) is 0 Å². The van der Waals surface area contributed by atoms with Crippen LogP contribution in [0, 0.1) is 11.8 Å². The van der Waals surface area contributed by atoms with Crippen molar-refractivity contribution in [3.63, 3.8) is 0 Å². The third-order valence-corrected chi connectivity index (χ3v) is 2.27. The number of fused-ring (bicyclic) bond motifs is 1. The van der Waals surface area contributed by atoms with E-state index in [2.05, 4.69) is 41.6 Å². The van der Waals surface area contributed by atoms with Gasteiger partial charge in [0.1, 0.15) is 0 Å². The Hall–Kier alpha value is -1.33. The third kappa shape index (κ3) is 1.78. The first-order chi connectivity index (χ1) is 6.92. The van der Waals surface area contributed by atoms with E-state index in [4.69, 9.17) is 0 Å². The Bertz CT molecular complexity index is 487. The minimum absolute atomic E-state index is 0.813. The molecule has 2 rings (SSSR count). The maximum atomic E-state index is 4.12. The normalized spacial score (nSPS) is 9.79. The zero-order valence-corrected chi connectivity index (χ0v) is 8.64. The highest BCUT2D eigenvalue weighted by Crippen LogP contribution is 2.15. The first kappa shape index (κ1) is 9.23. The quantitative estimate of drug-likeness (QED) is 0.521. The molecule has 0 saturated heterocycles. The largest absolute Gasteiger partial charge is 0.360 e. The van der Waals surface area contributed by atoms with Gasteiger partial charge in [0.15, 0.2) is 0 Å². The van der Waals surface area contributed by atoms with Crippen molar-refractivity contribution in [2.24, 2.45) is 0 Å². The maximum Gasteiger partial charge on any atom is 0.0612 e. The lowest BCUT2D eigenvalue weighted by Crippen LogP contribution is -1.77. The van der Waals surface area contributed by atoms with E-state index < -0.39 is 0 Å². The van der Waals surface area contributed by atoms with Crippen molar-refractivity contribution in [3.05, 3.63) is 36.0 Å². The van der Waals surface area contributed by atoms with Gasteiger partial charge in [-0.2, -0.15) is 12.6 Å². The molecule has 1 N–H and O–H groups in total. The Balaban J connectivity index is 2.43. The first-order valence-electron chi connectivity index (χ1n) is 4.57. The van der Waals surface area contributed by atoms with Gasteiger partial charge in [-0.15, -0.1) is 0 Å². The number of H-pyrrole nitrogens is 1. The van der Waals surface area contributed by atoms with Crippen molar-refractivity contribution >= 4 is 23.5 Å². The molecule has 1 aromatic carbocycles. The highest BCUT2D eigenvalue weighted by molar-refractivity contribution is 7.80. The van der Waals surface area contributed by atoms with E-state index >= 15 is 0 Å². The molecule has 0 radical (unpaired) electrons. The number of hydrogen-bond donors (Lipinski definition) is 2. The molecular formula is C12H11NS. The second kappa shape index (κ2) is 4.26. The van der Waals surface area contributed by atoms with Crippen molar-refractivity contribution < 1.29 is 0 Å². The molecule has 0 unspecified atom stereocenters. The Labute approximate surface area is 88.9 Å². The summed E-state index contributed by atoms with van der Waals surface area (Å²) in [7, 11) is 0. The molecule has 70 valence electrons. The molecule has 0 bridgehead atoms. The zero-order valence-electron chi connectivity index (χ0n) is 7.75. The number of aromatic amines is 1. The van der Waals surface area contributed by atoms with Crippen molar-refractivity contribution in [3.8, 4) is 11.8 Å². The molecule has 0 saturated carbocycles. The highest BCUT2D eigenvalue weighted by Gasteiger charge is 1.96. The number of benzene rings is 1. The summed E-state index contributed by atoms with van der Waals surface area (Å²) in [5.74, 6) is 7.04. The SMILES string of the molecule is SCCC#Cc1cccc2cc[nH]c12. The molecular weight excluding hydrogens is 190 g/mol. The number of para-hydroxylation sites is 1. The fraction of sp³-hybridized carbons (Fsp3) is 0.167. The summed E-state index contributed by atoms with van der Waals surface area (Å²) in [6, 6.07) is 8.19. The molecule has 2 aromatic rings. The molecule has 0 spiro atoms. The van der Waals surface area contributed by atoms with Gasteiger partial charge in [0.25, 0.3) is 0 Å². The second-order valence-corrected chi connectivity index (χ2v) is 3.47. The van der Waals surface area contributed by atoms with Gasteiger partial charge >= 0.3 is 0 Å². The van der Waals surface area contributed by atoms with E-state index in [0.717, 1.165) is 23.3 Å². The standard InChI is InChI=1S/C12H11NS/c14-9-2-1-4-10-5-3-6-11-7-8-13-12(10)11/h3,5-8,13-14H,2,9H2. The van der Waals surface area contributed by atoms with Crippen LogP contribution in [0.1, 0.15) is 12.0 Å². The Morgan fingerprint density at radius 3 is 3.07 bits per heavy atom. The van der Waals surface area contributed by atoms with Crippen molar-refractivity contribution in [1.29, 1.82) is 0 Å². The summed E-state index contributed by atoms with van der Waals surface area (Å²) in [4.78, 5) is 3.19. The molecule has 0 aliphatic heterocycles. The van der Waals surface area contributed by atoms with Gasteiger partial charge in [-0.1, -0.05) is 24.0 Å². The van der Waals surface area contributed by atoms with Gasteiger partial charge in [0.2, 0.25) is 0 Å². The summed E-state index contributed by atoms with van der Waals surface area (Å²) in [5.41, 5.74) is 2.19. The van der Waals surface area contributed by atoms with Gasteiger partial charge in [0.05, 0.1) is 5.52 Å². The monoisotopic (exact) mass is 201 g/mol. The highest BCUT2D eigenvalue weighted by atomic mass is 32.1. The third-order valence-electron chi connectivity index (χ3n) is 2.05. The van der Waals surface area contributed by atoms with Gasteiger partial charge in [0, 0.05) is 29.3 Å². The lowest BCUT2D eigenvalue weighted by Gasteiger charge is -1.93. The maximum absolute atomic E-state index is 4.12. The number of hydrogen-bond acceptors (Lipinski definition) is 1. The molecule has 0 amide bonds. The van der Waals surface area contributed by atoms with Gasteiger partial charge < -0.3 is 4.98 Å². The Morgan fingerprint density at radius 1 is 1.29 bits per heavy atom. The minimum atomic E-state index is 0.813. The molecule has 1 aromatic heterocycles. The summed E-state index contributed by atoms with van der Waals surface area (Å²) in [6.07, 6.45) is 2.77. The molecule has 1 heterocycles. The van der Waals surface area contributed by atoms with Crippen LogP contribution in [0.4, 0.5) is 0 Å². The van der Waals surface area contributed by atoms with E-state index in [1.165, 1.54) is 5.39 Å². The van der Waals surface area contributed by atoms with Gasteiger partial charge in [-0.25, -0.2) is 0 Å².